The van der Waals surface area contributed by atoms with Crippen LogP contribution in [-0.2, 0) is 9.53 Å². The first kappa shape index (κ1) is 24.7. The van der Waals surface area contributed by atoms with Crippen LogP contribution in [0.4, 0.5) is 11.4 Å². The van der Waals surface area contributed by atoms with Crippen LogP contribution in [0.15, 0.2) is 71.6 Å². The van der Waals surface area contributed by atoms with Crippen LogP contribution >= 0.6 is 11.8 Å². The quantitative estimate of drug-likeness (QED) is 0.344. The van der Waals surface area contributed by atoms with Gasteiger partial charge in [-0.3, -0.25) is 9.59 Å². The molecule has 0 aromatic heterocycles. The molecule has 0 bridgehead atoms. The Hall–Kier alpha value is -3.98. The highest BCUT2D eigenvalue weighted by molar-refractivity contribution is 8.00. The second kappa shape index (κ2) is 11.8. The van der Waals surface area contributed by atoms with Crippen molar-refractivity contribution in [2.24, 2.45) is 0 Å². The smallest absolute Gasteiger partial charge is 0.339 e. The molecule has 0 spiro atoms. The zero-order valence-electron chi connectivity index (χ0n) is 18.9. The summed E-state index contributed by atoms with van der Waals surface area (Å²) in [5, 5.41) is 5.56. The Morgan fingerprint density at radius 2 is 1.53 bits per heavy atom. The Bertz CT molecular complexity index is 1180. The molecule has 2 N–H and O–H groups in total. The molecular weight excluding hydrogens is 456 g/mol. The van der Waals surface area contributed by atoms with Crippen LogP contribution in [0, 0.1) is 0 Å². The maximum absolute atomic E-state index is 12.6. The summed E-state index contributed by atoms with van der Waals surface area (Å²) < 4.78 is 15.2. The number of hydrogen-bond acceptors (Lipinski definition) is 7. The van der Waals surface area contributed by atoms with Crippen LogP contribution in [0.25, 0.3) is 0 Å². The van der Waals surface area contributed by atoms with Crippen molar-refractivity contribution in [3.8, 4) is 11.5 Å². The number of para-hydroxylation sites is 1. The fraction of sp³-hybridized carbons (Fsp3) is 0.160. The lowest BCUT2D eigenvalue weighted by atomic mass is 10.2. The Balaban J connectivity index is 1.56. The molecule has 0 saturated heterocycles. The van der Waals surface area contributed by atoms with E-state index in [1.165, 1.54) is 33.1 Å². The van der Waals surface area contributed by atoms with Gasteiger partial charge in [-0.1, -0.05) is 12.1 Å². The van der Waals surface area contributed by atoms with Gasteiger partial charge >= 0.3 is 5.97 Å². The first-order valence-corrected chi connectivity index (χ1v) is 11.2. The van der Waals surface area contributed by atoms with Crippen molar-refractivity contribution in [1.29, 1.82) is 0 Å². The summed E-state index contributed by atoms with van der Waals surface area (Å²) in [6, 6.07) is 18.7. The number of carbonyl (C=O) groups excluding carboxylic acids is 3. The van der Waals surface area contributed by atoms with Gasteiger partial charge in [-0.2, -0.15) is 0 Å². The Morgan fingerprint density at radius 1 is 0.824 bits per heavy atom. The molecule has 0 aliphatic heterocycles. The number of amides is 2. The lowest BCUT2D eigenvalue weighted by molar-refractivity contribution is -0.113. The lowest BCUT2D eigenvalue weighted by Crippen LogP contribution is -2.17. The van der Waals surface area contributed by atoms with E-state index in [4.69, 9.17) is 14.2 Å². The van der Waals surface area contributed by atoms with Gasteiger partial charge in [0.1, 0.15) is 0 Å². The van der Waals surface area contributed by atoms with Gasteiger partial charge in [-0.15, -0.1) is 11.8 Å². The lowest BCUT2D eigenvalue weighted by Gasteiger charge is -2.11. The van der Waals surface area contributed by atoms with Crippen LogP contribution in [0.5, 0.6) is 11.5 Å². The number of esters is 1. The molecule has 3 aromatic rings. The van der Waals surface area contributed by atoms with E-state index in [2.05, 4.69) is 10.6 Å². The van der Waals surface area contributed by atoms with Gasteiger partial charge in [0.15, 0.2) is 11.5 Å². The van der Waals surface area contributed by atoms with Gasteiger partial charge in [0.05, 0.1) is 38.3 Å². The molecule has 0 radical (unpaired) electrons. The third-order valence-electron chi connectivity index (χ3n) is 4.73. The minimum absolute atomic E-state index is 0.146. The van der Waals surface area contributed by atoms with Crippen molar-refractivity contribution in [3.63, 3.8) is 0 Å². The summed E-state index contributed by atoms with van der Waals surface area (Å²) in [6.45, 7) is 0. The highest BCUT2D eigenvalue weighted by Gasteiger charge is 2.14. The molecule has 0 fully saturated rings. The monoisotopic (exact) mass is 480 g/mol. The van der Waals surface area contributed by atoms with E-state index < -0.39 is 5.97 Å². The predicted octanol–water partition coefficient (Wildman–Crippen LogP) is 4.47. The third kappa shape index (κ3) is 6.29. The summed E-state index contributed by atoms with van der Waals surface area (Å²) in [7, 11) is 4.33. The first-order chi connectivity index (χ1) is 16.4. The first-order valence-electron chi connectivity index (χ1n) is 10.2. The molecule has 9 heteroatoms. The number of hydrogen-bond donors (Lipinski definition) is 2. The molecule has 0 unspecified atom stereocenters. The van der Waals surface area contributed by atoms with Crippen LogP contribution in [0.2, 0.25) is 0 Å². The molecule has 3 aromatic carbocycles. The van der Waals surface area contributed by atoms with Gasteiger partial charge in [-0.25, -0.2) is 4.79 Å². The number of ether oxygens (including phenoxy) is 3. The summed E-state index contributed by atoms with van der Waals surface area (Å²) in [4.78, 5) is 37.6. The SMILES string of the molecule is COC(=O)c1ccccc1NC(=O)CSc1ccc(NC(=O)c2ccc(OC)c(OC)c2)cc1. The maximum atomic E-state index is 12.6. The van der Waals surface area contributed by atoms with Crippen LogP contribution < -0.4 is 20.1 Å². The average Bonchev–Trinajstić information content (AvgIpc) is 2.87. The molecule has 0 atom stereocenters. The number of nitrogens with one attached hydrogen (secondary N) is 2. The highest BCUT2D eigenvalue weighted by atomic mass is 32.2. The molecule has 3 rings (SSSR count). The number of carbonyl (C=O) groups is 3. The summed E-state index contributed by atoms with van der Waals surface area (Å²) >= 11 is 1.33. The largest absolute Gasteiger partial charge is 0.493 e. The molecule has 0 saturated carbocycles. The zero-order valence-corrected chi connectivity index (χ0v) is 19.7. The number of anilines is 2. The molecule has 0 heterocycles. The van der Waals surface area contributed by atoms with Crippen molar-refractivity contribution in [1.82, 2.24) is 0 Å². The van der Waals surface area contributed by atoms with E-state index >= 15 is 0 Å². The van der Waals surface area contributed by atoms with Gasteiger partial charge in [-0.05, 0) is 54.6 Å². The molecule has 2 amide bonds. The normalized spacial score (nSPS) is 10.2. The van der Waals surface area contributed by atoms with Crippen LogP contribution in [-0.4, -0.2) is 44.9 Å². The predicted molar refractivity (Wildman–Crippen MR) is 131 cm³/mol. The maximum Gasteiger partial charge on any atom is 0.339 e. The Kier molecular flexibility index (Phi) is 8.53. The zero-order chi connectivity index (χ0) is 24.5. The van der Waals surface area contributed by atoms with Crippen molar-refractivity contribution in [3.05, 3.63) is 77.9 Å². The summed E-state index contributed by atoms with van der Waals surface area (Å²) in [6.07, 6.45) is 0. The van der Waals surface area contributed by atoms with Crippen LogP contribution in [0.3, 0.4) is 0 Å². The highest BCUT2D eigenvalue weighted by Crippen LogP contribution is 2.28. The van der Waals surface area contributed by atoms with Crippen molar-refractivity contribution in [2.45, 2.75) is 4.90 Å². The summed E-state index contributed by atoms with van der Waals surface area (Å²) in [5.41, 5.74) is 1.73. The number of benzene rings is 3. The van der Waals surface area contributed by atoms with Gasteiger partial charge in [0, 0.05) is 16.1 Å². The van der Waals surface area contributed by atoms with Gasteiger partial charge < -0.3 is 24.8 Å². The fourth-order valence-corrected chi connectivity index (χ4v) is 3.73. The molecular formula is C25H24N2O6S. The topological polar surface area (TPSA) is 103 Å². The fourth-order valence-electron chi connectivity index (χ4n) is 3.03. The van der Waals surface area contributed by atoms with E-state index in [0.29, 0.717) is 28.4 Å². The van der Waals surface area contributed by atoms with Crippen LogP contribution in [0.1, 0.15) is 20.7 Å². The molecule has 34 heavy (non-hydrogen) atoms. The second-order valence-corrected chi connectivity index (χ2v) is 7.97. The van der Waals surface area contributed by atoms with Crippen molar-refractivity contribution in [2.75, 3.05) is 37.7 Å². The number of rotatable bonds is 9. The number of thioether (sulfide) groups is 1. The van der Waals surface area contributed by atoms with E-state index in [0.717, 1.165) is 4.90 Å². The standard InChI is InChI=1S/C25H24N2O6S/c1-31-21-13-8-16(14-22(21)32-2)24(29)26-17-9-11-18(12-10-17)34-15-23(28)27-20-7-5-4-6-19(20)25(30)33-3/h4-14H,15H2,1-3H3,(H,26,29)(H,27,28). The van der Waals surface area contributed by atoms with E-state index in [-0.39, 0.29) is 23.1 Å². The second-order valence-electron chi connectivity index (χ2n) is 6.92. The van der Waals surface area contributed by atoms with E-state index in [1.807, 2.05) is 12.1 Å². The molecule has 0 aliphatic rings. The van der Waals surface area contributed by atoms with E-state index in [1.54, 1.807) is 54.6 Å². The molecule has 176 valence electrons. The van der Waals surface area contributed by atoms with Crippen molar-refractivity contribution >= 4 is 40.9 Å². The number of methoxy groups -OCH3 is 3. The molecule has 8 nitrogen and oxygen atoms in total. The Morgan fingerprint density at radius 3 is 2.21 bits per heavy atom. The summed E-state index contributed by atoms with van der Waals surface area (Å²) in [5.74, 6) is 0.0893. The van der Waals surface area contributed by atoms with Gasteiger partial charge in [0.25, 0.3) is 5.91 Å². The third-order valence-corrected chi connectivity index (χ3v) is 5.75. The minimum atomic E-state index is -0.519. The van der Waals surface area contributed by atoms with Gasteiger partial charge in [0.2, 0.25) is 5.91 Å². The minimum Gasteiger partial charge on any atom is -0.493 e. The molecule has 0 aliphatic carbocycles. The van der Waals surface area contributed by atoms with Crippen molar-refractivity contribution < 1.29 is 28.6 Å². The Labute approximate surface area is 201 Å². The van der Waals surface area contributed by atoms with E-state index in [9.17, 15) is 14.4 Å². The average molecular weight is 481 g/mol.